The van der Waals surface area contributed by atoms with Gasteiger partial charge in [0, 0.05) is 55.9 Å². The molecule has 0 spiro atoms. The second-order valence-electron chi connectivity index (χ2n) is 9.56. The van der Waals surface area contributed by atoms with Crippen molar-refractivity contribution < 1.29 is 9.59 Å². The third-order valence-corrected chi connectivity index (χ3v) is 7.46. The van der Waals surface area contributed by atoms with Crippen LogP contribution in [-0.2, 0) is 16.0 Å². The van der Waals surface area contributed by atoms with Gasteiger partial charge in [0.2, 0.25) is 11.8 Å². The second kappa shape index (κ2) is 12.2. The van der Waals surface area contributed by atoms with Gasteiger partial charge >= 0.3 is 0 Å². The maximum absolute atomic E-state index is 12.8. The van der Waals surface area contributed by atoms with Crippen molar-refractivity contribution in [2.75, 3.05) is 25.4 Å². The third-order valence-electron chi connectivity index (χ3n) is 6.44. The zero-order chi connectivity index (χ0) is 25.5. The molecular formula is C28H35N5O2S. The monoisotopic (exact) mass is 505 g/mol. The van der Waals surface area contributed by atoms with E-state index in [1.807, 2.05) is 67.0 Å². The molecule has 4 rings (SSSR count). The Morgan fingerprint density at radius 1 is 1.00 bits per heavy atom. The van der Waals surface area contributed by atoms with Gasteiger partial charge in [0.25, 0.3) is 0 Å². The topological polar surface area (TPSA) is 71.3 Å². The standard InChI is InChI=1S/C28H35N5O2S/c1-21(2)27(35)32-17-16-31(20-22(32)3)26(34)15-10-18-36-28-30-29-25(19-23-11-6-4-7-12-23)33(28)24-13-8-5-9-14-24/h4-9,11-14,21-22H,10,15-20H2,1-3H3. The zero-order valence-corrected chi connectivity index (χ0v) is 22.2. The molecule has 1 aliphatic heterocycles. The van der Waals surface area contributed by atoms with Crippen molar-refractivity contribution >= 4 is 23.6 Å². The summed E-state index contributed by atoms with van der Waals surface area (Å²) in [5.41, 5.74) is 2.23. The SMILES string of the molecule is CC(C)C(=O)N1CCN(C(=O)CCCSc2nnc(Cc3ccccc3)n2-c2ccccc2)CC1C. The fraction of sp³-hybridized carbons (Fsp3) is 0.429. The second-order valence-corrected chi connectivity index (χ2v) is 10.6. The Morgan fingerprint density at radius 3 is 2.36 bits per heavy atom. The molecule has 2 amide bonds. The lowest BCUT2D eigenvalue weighted by Crippen LogP contribution is -2.56. The summed E-state index contributed by atoms with van der Waals surface area (Å²) in [5, 5.41) is 9.83. The molecule has 1 aliphatic rings. The van der Waals surface area contributed by atoms with Gasteiger partial charge in [0.05, 0.1) is 0 Å². The quantitative estimate of drug-likeness (QED) is 0.318. The van der Waals surface area contributed by atoms with Gasteiger partial charge in [0.15, 0.2) is 5.16 Å². The smallest absolute Gasteiger partial charge is 0.225 e. The van der Waals surface area contributed by atoms with Crippen LogP contribution >= 0.6 is 11.8 Å². The van der Waals surface area contributed by atoms with Crippen LogP contribution in [0.4, 0.5) is 0 Å². The molecule has 190 valence electrons. The van der Waals surface area contributed by atoms with Crippen LogP contribution in [0.5, 0.6) is 0 Å². The summed E-state index contributed by atoms with van der Waals surface area (Å²) in [6.07, 6.45) is 1.96. The Bertz CT molecular complexity index is 1150. The van der Waals surface area contributed by atoms with Crippen LogP contribution < -0.4 is 0 Å². The van der Waals surface area contributed by atoms with Crippen molar-refractivity contribution in [3.05, 3.63) is 72.1 Å². The highest BCUT2D eigenvalue weighted by Gasteiger charge is 2.30. The van der Waals surface area contributed by atoms with Crippen LogP contribution in [0.1, 0.15) is 45.0 Å². The molecule has 2 heterocycles. The van der Waals surface area contributed by atoms with E-state index in [9.17, 15) is 9.59 Å². The number of piperazine rings is 1. The predicted octanol–water partition coefficient (Wildman–Crippen LogP) is 4.45. The van der Waals surface area contributed by atoms with Gasteiger partial charge in [-0.1, -0.05) is 74.1 Å². The van der Waals surface area contributed by atoms with Gasteiger partial charge < -0.3 is 9.80 Å². The van der Waals surface area contributed by atoms with Crippen LogP contribution in [0, 0.1) is 5.92 Å². The molecule has 0 N–H and O–H groups in total. The van der Waals surface area contributed by atoms with Gasteiger partial charge in [-0.3, -0.25) is 14.2 Å². The largest absolute Gasteiger partial charge is 0.339 e. The number of hydrogen-bond donors (Lipinski definition) is 0. The minimum Gasteiger partial charge on any atom is -0.339 e. The van der Waals surface area contributed by atoms with Crippen LogP contribution in [-0.4, -0.2) is 67.8 Å². The lowest BCUT2D eigenvalue weighted by Gasteiger charge is -2.40. The molecule has 0 radical (unpaired) electrons. The molecule has 1 saturated heterocycles. The number of nitrogens with zero attached hydrogens (tertiary/aromatic N) is 5. The van der Waals surface area contributed by atoms with Gasteiger partial charge in [0.1, 0.15) is 5.82 Å². The molecule has 8 heteroatoms. The van der Waals surface area contributed by atoms with Crippen molar-refractivity contribution in [2.45, 2.75) is 51.2 Å². The van der Waals surface area contributed by atoms with Gasteiger partial charge in [-0.25, -0.2) is 0 Å². The Morgan fingerprint density at radius 2 is 1.69 bits per heavy atom. The maximum Gasteiger partial charge on any atom is 0.225 e. The summed E-state index contributed by atoms with van der Waals surface area (Å²) in [7, 11) is 0. The first kappa shape index (κ1) is 25.9. The van der Waals surface area contributed by atoms with E-state index in [2.05, 4.69) is 39.0 Å². The molecule has 0 aliphatic carbocycles. The lowest BCUT2D eigenvalue weighted by atomic mass is 10.1. The van der Waals surface area contributed by atoms with E-state index >= 15 is 0 Å². The zero-order valence-electron chi connectivity index (χ0n) is 21.3. The van der Waals surface area contributed by atoms with Crippen molar-refractivity contribution in [3.63, 3.8) is 0 Å². The predicted molar refractivity (Wildman–Crippen MR) is 143 cm³/mol. The average molecular weight is 506 g/mol. The highest BCUT2D eigenvalue weighted by molar-refractivity contribution is 7.99. The molecule has 36 heavy (non-hydrogen) atoms. The summed E-state index contributed by atoms with van der Waals surface area (Å²) in [4.78, 5) is 29.0. The van der Waals surface area contributed by atoms with E-state index in [4.69, 9.17) is 0 Å². The number of para-hydroxylation sites is 1. The molecule has 0 bridgehead atoms. The minimum absolute atomic E-state index is 0.0159. The molecule has 7 nitrogen and oxygen atoms in total. The number of carbonyl (C=O) groups excluding carboxylic acids is 2. The third kappa shape index (κ3) is 6.35. The van der Waals surface area contributed by atoms with Gasteiger partial charge in [-0.05, 0) is 31.0 Å². The van der Waals surface area contributed by atoms with E-state index in [0.29, 0.717) is 32.5 Å². The summed E-state index contributed by atoms with van der Waals surface area (Å²) < 4.78 is 2.12. The van der Waals surface area contributed by atoms with Gasteiger partial charge in [-0.2, -0.15) is 0 Å². The summed E-state index contributed by atoms with van der Waals surface area (Å²) in [5.74, 6) is 1.99. The molecular weight excluding hydrogens is 470 g/mol. The van der Waals surface area contributed by atoms with Gasteiger partial charge in [-0.15, -0.1) is 10.2 Å². The fourth-order valence-electron chi connectivity index (χ4n) is 4.51. The first-order valence-corrected chi connectivity index (χ1v) is 13.7. The van der Waals surface area contributed by atoms with E-state index in [1.165, 1.54) is 5.56 Å². The van der Waals surface area contributed by atoms with Crippen LogP contribution in [0.15, 0.2) is 65.8 Å². The molecule has 3 aromatic rings. The van der Waals surface area contributed by atoms with E-state index in [1.54, 1.807) is 11.8 Å². The van der Waals surface area contributed by atoms with E-state index < -0.39 is 0 Å². The summed E-state index contributed by atoms with van der Waals surface area (Å²) in [6.45, 7) is 7.71. The molecule has 1 atom stereocenters. The number of amides is 2. The van der Waals surface area contributed by atoms with Crippen molar-refractivity contribution in [1.82, 2.24) is 24.6 Å². The highest BCUT2D eigenvalue weighted by atomic mass is 32.2. The molecule has 1 fully saturated rings. The highest BCUT2D eigenvalue weighted by Crippen LogP contribution is 2.25. The lowest BCUT2D eigenvalue weighted by molar-refractivity contribution is -0.144. The first-order chi connectivity index (χ1) is 17.4. The van der Waals surface area contributed by atoms with Crippen molar-refractivity contribution in [2.24, 2.45) is 5.92 Å². The number of hydrogen-bond acceptors (Lipinski definition) is 5. The Labute approximate surface area is 217 Å². The fourth-order valence-corrected chi connectivity index (χ4v) is 5.42. The number of carbonyl (C=O) groups is 2. The van der Waals surface area contributed by atoms with Crippen LogP contribution in [0.25, 0.3) is 5.69 Å². The van der Waals surface area contributed by atoms with Crippen molar-refractivity contribution in [3.8, 4) is 5.69 Å². The maximum atomic E-state index is 12.8. The Kier molecular flexibility index (Phi) is 8.80. The first-order valence-electron chi connectivity index (χ1n) is 12.7. The van der Waals surface area contributed by atoms with Crippen LogP contribution in [0.3, 0.4) is 0 Å². The van der Waals surface area contributed by atoms with Crippen LogP contribution in [0.2, 0.25) is 0 Å². The average Bonchev–Trinajstić information content (AvgIpc) is 3.29. The van der Waals surface area contributed by atoms with E-state index in [0.717, 1.165) is 28.8 Å². The Balaban J connectivity index is 1.33. The Hall–Kier alpha value is -3.13. The summed E-state index contributed by atoms with van der Waals surface area (Å²) in [6, 6.07) is 20.5. The molecule has 1 aromatic heterocycles. The number of benzene rings is 2. The summed E-state index contributed by atoms with van der Waals surface area (Å²) >= 11 is 1.64. The number of thioether (sulfide) groups is 1. The molecule has 0 saturated carbocycles. The number of aromatic nitrogens is 3. The molecule has 2 aromatic carbocycles. The minimum atomic E-state index is -0.0159. The normalized spacial score (nSPS) is 15.9. The molecule has 1 unspecified atom stereocenters. The van der Waals surface area contributed by atoms with Crippen molar-refractivity contribution in [1.29, 1.82) is 0 Å². The number of rotatable bonds is 9. The van der Waals surface area contributed by atoms with E-state index in [-0.39, 0.29) is 23.8 Å².